The highest BCUT2D eigenvalue weighted by molar-refractivity contribution is 5.91. The Bertz CT molecular complexity index is 402. The molecule has 0 saturated carbocycles. The van der Waals surface area contributed by atoms with Crippen LogP contribution in [0.4, 0.5) is 0 Å². The van der Waals surface area contributed by atoms with Gasteiger partial charge in [0.05, 0.1) is 0 Å². The number of aromatic hydroxyl groups is 1. The summed E-state index contributed by atoms with van der Waals surface area (Å²) in [5, 5.41) is 8.63. The van der Waals surface area contributed by atoms with E-state index in [0.717, 1.165) is 6.42 Å². The number of rotatable bonds is 0. The quantitative estimate of drug-likeness (QED) is 0.740. The number of benzene rings is 1. The first-order valence-electron chi connectivity index (χ1n) is 5.83. The highest BCUT2D eigenvalue weighted by atomic mass is 16.3. The third kappa shape index (κ3) is 5.34. The zero-order valence-corrected chi connectivity index (χ0v) is 10.7. The van der Waals surface area contributed by atoms with Gasteiger partial charge in [-0.15, -0.1) is 0 Å². The van der Waals surface area contributed by atoms with Gasteiger partial charge in [0.2, 0.25) is 0 Å². The molecule has 1 aliphatic rings. The van der Waals surface area contributed by atoms with Crippen LogP contribution in [0.1, 0.15) is 33.6 Å². The Morgan fingerprint density at radius 2 is 1.71 bits per heavy atom. The van der Waals surface area contributed by atoms with E-state index in [1.807, 2.05) is 13.0 Å². The summed E-state index contributed by atoms with van der Waals surface area (Å²) in [6.45, 7) is 6.31. The zero-order valence-electron chi connectivity index (χ0n) is 10.7. The van der Waals surface area contributed by atoms with Gasteiger partial charge in [0.1, 0.15) is 5.75 Å². The number of hydrogen-bond acceptors (Lipinski definition) is 2. The van der Waals surface area contributed by atoms with Crippen LogP contribution in [0.25, 0.3) is 0 Å². The standard InChI is InChI=1S/C9H14O.C6H6O/c1-7-4-8(10)6-9(2,3)5-7;7-6-4-2-1-3-5-6/h4H,5-6H2,1-3H3;1-5,7H. The summed E-state index contributed by atoms with van der Waals surface area (Å²) in [6.07, 6.45) is 3.55. The van der Waals surface area contributed by atoms with Crippen molar-refractivity contribution in [1.82, 2.24) is 0 Å². The van der Waals surface area contributed by atoms with Crippen molar-refractivity contribution in [2.45, 2.75) is 33.6 Å². The van der Waals surface area contributed by atoms with Gasteiger partial charge in [0.15, 0.2) is 5.78 Å². The van der Waals surface area contributed by atoms with E-state index in [2.05, 4.69) is 13.8 Å². The van der Waals surface area contributed by atoms with Crippen LogP contribution in [0.2, 0.25) is 0 Å². The first-order chi connectivity index (χ1) is 7.89. The molecule has 0 amide bonds. The Balaban J connectivity index is 0.000000181. The minimum atomic E-state index is 0.204. The van der Waals surface area contributed by atoms with E-state index >= 15 is 0 Å². The van der Waals surface area contributed by atoms with Crippen molar-refractivity contribution in [1.29, 1.82) is 0 Å². The van der Waals surface area contributed by atoms with Crippen LogP contribution in [0.15, 0.2) is 42.0 Å². The number of phenolic OH excluding ortho intramolecular Hbond substituents is 1. The summed E-state index contributed by atoms with van der Waals surface area (Å²) in [6, 6.07) is 8.71. The fraction of sp³-hybridized carbons (Fsp3) is 0.400. The number of para-hydroxylation sites is 1. The van der Waals surface area contributed by atoms with E-state index in [4.69, 9.17) is 5.11 Å². The molecule has 1 aromatic carbocycles. The van der Waals surface area contributed by atoms with Crippen LogP contribution in [0.3, 0.4) is 0 Å². The third-order valence-corrected chi connectivity index (χ3v) is 2.57. The summed E-state index contributed by atoms with van der Waals surface area (Å²) >= 11 is 0. The first kappa shape index (κ1) is 13.5. The van der Waals surface area contributed by atoms with Gasteiger partial charge in [-0.1, -0.05) is 37.6 Å². The van der Waals surface area contributed by atoms with Gasteiger partial charge in [-0.05, 0) is 37.0 Å². The lowest BCUT2D eigenvalue weighted by molar-refractivity contribution is -0.117. The SMILES string of the molecule is CC1=CC(=O)CC(C)(C)C1.Oc1ccccc1. The number of carbonyl (C=O) groups excluding carboxylic acids is 1. The second-order valence-corrected chi connectivity index (χ2v) is 5.31. The lowest BCUT2D eigenvalue weighted by atomic mass is 9.77. The molecule has 0 bridgehead atoms. The van der Waals surface area contributed by atoms with Crippen molar-refractivity contribution in [3.05, 3.63) is 42.0 Å². The third-order valence-electron chi connectivity index (χ3n) is 2.57. The maximum Gasteiger partial charge on any atom is 0.156 e. The van der Waals surface area contributed by atoms with Crippen molar-refractivity contribution in [2.24, 2.45) is 5.41 Å². The van der Waals surface area contributed by atoms with Crippen LogP contribution in [0, 0.1) is 5.41 Å². The average molecular weight is 232 g/mol. The van der Waals surface area contributed by atoms with Gasteiger partial charge in [0, 0.05) is 6.42 Å². The number of phenols is 1. The van der Waals surface area contributed by atoms with Gasteiger partial charge in [0.25, 0.3) is 0 Å². The normalized spacial score (nSPS) is 17.8. The predicted octanol–water partition coefficient (Wildman–Crippen LogP) is 3.71. The van der Waals surface area contributed by atoms with E-state index in [1.165, 1.54) is 5.57 Å². The Labute approximate surface area is 103 Å². The minimum absolute atomic E-state index is 0.204. The molecular formula is C15H20O2. The topological polar surface area (TPSA) is 37.3 Å². The van der Waals surface area contributed by atoms with Gasteiger partial charge in [-0.25, -0.2) is 0 Å². The predicted molar refractivity (Wildman–Crippen MR) is 69.9 cm³/mol. The van der Waals surface area contributed by atoms with E-state index in [9.17, 15) is 4.79 Å². The molecule has 2 heteroatoms. The Morgan fingerprint density at radius 3 is 2.06 bits per heavy atom. The number of allylic oxidation sites excluding steroid dienone is 2. The number of ketones is 1. The summed E-state index contributed by atoms with van der Waals surface area (Å²) in [5.41, 5.74) is 1.43. The molecule has 1 aliphatic carbocycles. The molecule has 2 nitrogen and oxygen atoms in total. The van der Waals surface area contributed by atoms with Crippen LogP contribution in [-0.2, 0) is 4.79 Å². The monoisotopic (exact) mass is 232 g/mol. The van der Waals surface area contributed by atoms with E-state index in [-0.39, 0.29) is 11.2 Å². The molecule has 0 aliphatic heterocycles. The summed E-state index contributed by atoms with van der Waals surface area (Å²) < 4.78 is 0. The zero-order chi connectivity index (χ0) is 12.9. The summed E-state index contributed by atoms with van der Waals surface area (Å²) in [4.78, 5) is 11.0. The Kier molecular flexibility index (Phi) is 4.50. The second-order valence-electron chi connectivity index (χ2n) is 5.31. The molecule has 0 radical (unpaired) electrons. The van der Waals surface area contributed by atoms with Crippen molar-refractivity contribution < 1.29 is 9.90 Å². The Hall–Kier alpha value is -1.57. The molecule has 0 heterocycles. The van der Waals surface area contributed by atoms with Gasteiger partial charge < -0.3 is 5.11 Å². The van der Waals surface area contributed by atoms with Crippen molar-refractivity contribution >= 4 is 5.78 Å². The molecule has 92 valence electrons. The smallest absolute Gasteiger partial charge is 0.156 e. The molecule has 1 aromatic rings. The van der Waals surface area contributed by atoms with Crippen molar-refractivity contribution in [2.75, 3.05) is 0 Å². The lowest BCUT2D eigenvalue weighted by Gasteiger charge is -2.27. The summed E-state index contributed by atoms with van der Waals surface area (Å²) in [5.74, 6) is 0.608. The van der Waals surface area contributed by atoms with Crippen LogP contribution in [0.5, 0.6) is 5.75 Å². The molecule has 0 fully saturated rings. The highest BCUT2D eigenvalue weighted by Gasteiger charge is 2.25. The molecule has 2 rings (SSSR count). The maximum atomic E-state index is 11.0. The number of hydrogen-bond donors (Lipinski definition) is 1. The van der Waals surface area contributed by atoms with Gasteiger partial charge >= 0.3 is 0 Å². The largest absolute Gasteiger partial charge is 0.508 e. The van der Waals surface area contributed by atoms with Gasteiger partial charge in [-0.2, -0.15) is 0 Å². The number of carbonyl (C=O) groups is 1. The maximum absolute atomic E-state index is 11.0. The Morgan fingerprint density at radius 1 is 1.12 bits per heavy atom. The molecule has 17 heavy (non-hydrogen) atoms. The molecule has 1 N–H and O–H groups in total. The average Bonchev–Trinajstić information content (AvgIpc) is 2.15. The molecule has 0 spiro atoms. The molecule has 0 atom stereocenters. The first-order valence-corrected chi connectivity index (χ1v) is 5.83. The summed E-state index contributed by atoms with van der Waals surface area (Å²) in [7, 11) is 0. The van der Waals surface area contributed by atoms with E-state index in [1.54, 1.807) is 30.3 Å². The molecule has 0 aromatic heterocycles. The van der Waals surface area contributed by atoms with E-state index in [0.29, 0.717) is 12.2 Å². The molecule has 0 saturated heterocycles. The second kappa shape index (κ2) is 5.67. The van der Waals surface area contributed by atoms with Crippen LogP contribution < -0.4 is 0 Å². The van der Waals surface area contributed by atoms with Gasteiger partial charge in [-0.3, -0.25) is 4.79 Å². The van der Waals surface area contributed by atoms with E-state index < -0.39 is 0 Å². The lowest BCUT2D eigenvalue weighted by Crippen LogP contribution is -2.20. The highest BCUT2D eigenvalue weighted by Crippen LogP contribution is 2.32. The molecular weight excluding hydrogens is 212 g/mol. The van der Waals surface area contributed by atoms with Crippen molar-refractivity contribution in [3.63, 3.8) is 0 Å². The van der Waals surface area contributed by atoms with Crippen molar-refractivity contribution in [3.8, 4) is 5.75 Å². The fourth-order valence-electron chi connectivity index (χ4n) is 2.09. The molecule has 0 unspecified atom stereocenters. The van der Waals surface area contributed by atoms with Crippen LogP contribution >= 0.6 is 0 Å². The fourth-order valence-corrected chi connectivity index (χ4v) is 2.09. The minimum Gasteiger partial charge on any atom is -0.508 e. The van der Waals surface area contributed by atoms with Crippen LogP contribution in [-0.4, -0.2) is 10.9 Å².